The van der Waals surface area contributed by atoms with Crippen molar-refractivity contribution < 1.29 is 19.4 Å². The normalized spacial score (nSPS) is 14.2. The van der Waals surface area contributed by atoms with Crippen LogP contribution in [0.1, 0.15) is 32.0 Å². The van der Waals surface area contributed by atoms with E-state index in [2.05, 4.69) is 16.4 Å². The van der Waals surface area contributed by atoms with Crippen LogP contribution >= 0.6 is 0 Å². The van der Waals surface area contributed by atoms with Gasteiger partial charge in [-0.15, -0.1) is 0 Å². The van der Waals surface area contributed by atoms with E-state index in [9.17, 15) is 4.79 Å². The summed E-state index contributed by atoms with van der Waals surface area (Å²) in [6, 6.07) is 11.4. The minimum atomic E-state index is -0.833. The summed E-state index contributed by atoms with van der Waals surface area (Å²) in [5.41, 5.74) is 3.29. The second-order valence-corrected chi connectivity index (χ2v) is 5.70. The van der Waals surface area contributed by atoms with Gasteiger partial charge in [0.1, 0.15) is 17.4 Å². The lowest BCUT2D eigenvalue weighted by Gasteiger charge is -2.32. The molecule has 1 aromatic carbocycles. The van der Waals surface area contributed by atoms with E-state index in [0.717, 1.165) is 29.4 Å². The first-order chi connectivity index (χ1) is 11.2. The SMILES string of the molecule is CC(=O)O.CC1(C)OC(=O)Nc2ccc(-c3ccc(C#N)[nH]3)cc21. The van der Waals surface area contributed by atoms with Crippen molar-refractivity contribution in [2.24, 2.45) is 0 Å². The molecule has 1 aromatic heterocycles. The van der Waals surface area contributed by atoms with Crippen LogP contribution in [-0.4, -0.2) is 22.2 Å². The van der Waals surface area contributed by atoms with Crippen molar-refractivity contribution in [1.29, 1.82) is 5.26 Å². The van der Waals surface area contributed by atoms with Gasteiger partial charge in [0.25, 0.3) is 5.97 Å². The van der Waals surface area contributed by atoms with E-state index in [1.807, 2.05) is 38.1 Å². The van der Waals surface area contributed by atoms with Crippen molar-refractivity contribution in [2.45, 2.75) is 26.4 Å². The van der Waals surface area contributed by atoms with E-state index < -0.39 is 17.7 Å². The van der Waals surface area contributed by atoms with Crippen LogP contribution in [0.2, 0.25) is 0 Å². The number of carboxylic acids is 1. The van der Waals surface area contributed by atoms with Gasteiger partial charge in [-0.05, 0) is 43.7 Å². The molecule has 1 amide bonds. The number of carbonyl (C=O) groups excluding carboxylic acids is 1. The van der Waals surface area contributed by atoms with Gasteiger partial charge in [0.2, 0.25) is 0 Å². The Morgan fingerprint density at radius 3 is 2.54 bits per heavy atom. The number of aromatic nitrogens is 1. The quantitative estimate of drug-likeness (QED) is 0.742. The fraction of sp³-hybridized carbons (Fsp3) is 0.235. The van der Waals surface area contributed by atoms with Crippen LogP contribution in [0.5, 0.6) is 0 Å². The molecule has 0 bridgehead atoms. The van der Waals surface area contributed by atoms with Crippen molar-refractivity contribution in [3.8, 4) is 17.3 Å². The van der Waals surface area contributed by atoms with Gasteiger partial charge < -0.3 is 14.8 Å². The topological polar surface area (TPSA) is 115 Å². The summed E-state index contributed by atoms with van der Waals surface area (Å²) in [6.45, 7) is 4.79. The molecule has 2 heterocycles. The van der Waals surface area contributed by atoms with E-state index in [0.29, 0.717) is 5.69 Å². The summed E-state index contributed by atoms with van der Waals surface area (Å²) >= 11 is 0. The molecule has 0 unspecified atom stereocenters. The Bertz CT molecular complexity index is 827. The highest BCUT2D eigenvalue weighted by Gasteiger charge is 2.33. The highest BCUT2D eigenvalue weighted by Crippen LogP contribution is 2.37. The van der Waals surface area contributed by atoms with Gasteiger partial charge >= 0.3 is 6.09 Å². The number of fused-ring (bicyclic) bond motifs is 1. The Hall–Kier alpha value is -3.27. The molecule has 1 aliphatic heterocycles. The number of ether oxygens (including phenoxy) is 1. The van der Waals surface area contributed by atoms with Crippen molar-refractivity contribution in [3.63, 3.8) is 0 Å². The number of aromatic amines is 1. The Labute approximate surface area is 138 Å². The monoisotopic (exact) mass is 327 g/mol. The van der Waals surface area contributed by atoms with Crippen LogP contribution in [0.3, 0.4) is 0 Å². The summed E-state index contributed by atoms with van der Waals surface area (Å²) in [6.07, 6.45) is -0.443. The second-order valence-electron chi connectivity index (χ2n) is 5.70. The van der Waals surface area contributed by atoms with Gasteiger partial charge in [-0.1, -0.05) is 6.07 Å². The molecule has 7 nitrogen and oxygen atoms in total. The molecule has 3 rings (SSSR count). The number of anilines is 1. The van der Waals surface area contributed by atoms with Crippen molar-refractivity contribution in [3.05, 3.63) is 41.6 Å². The van der Waals surface area contributed by atoms with Crippen LogP contribution in [0.15, 0.2) is 30.3 Å². The number of benzene rings is 1. The predicted molar refractivity (Wildman–Crippen MR) is 87.4 cm³/mol. The van der Waals surface area contributed by atoms with E-state index in [1.54, 1.807) is 6.07 Å². The molecule has 0 aliphatic carbocycles. The summed E-state index contributed by atoms with van der Waals surface area (Å²) in [4.78, 5) is 23.5. The zero-order chi connectivity index (χ0) is 17.9. The molecule has 0 saturated heterocycles. The molecule has 0 saturated carbocycles. The number of cyclic esters (lactones) is 1. The van der Waals surface area contributed by atoms with Crippen LogP contribution in [0, 0.1) is 11.3 Å². The number of rotatable bonds is 1. The molecule has 0 atom stereocenters. The first kappa shape index (κ1) is 17.1. The second kappa shape index (κ2) is 6.46. The summed E-state index contributed by atoms with van der Waals surface area (Å²) < 4.78 is 5.30. The van der Waals surface area contributed by atoms with E-state index >= 15 is 0 Å². The lowest BCUT2D eigenvalue weighted by Crippen LogP contribution is -2.34. The maximum absolute atomic E-state index is 11.5. The Morgan fingerprint density at radius 1 is 1.29 bits per heavy atom. The smallest absolute Gasteiger partial charge is 0.412 e. The van der Waals surface area contributed by atoms with Gasteiger partial charge in [0.05, 0.1) is 5.69 Å². The molecule has 3 N–H and O–H groups in total. The third kappa shape index (κ3) is 3.73. The molecule has 0 radical (unpaired) electrons. The number of hydrogen-bond donors (Lipinski definition) is 3. The average Bonchev–Trinajstić information content (AvgIpc) is 2.94. The average molecular weight is 327 g/mol. The third-order valence-electron chi connectivity index (χ3n) is 3.37. The molecular formula is C17H17N3O4. The molecule has 2 aromatic rings. The van der Waals surface area contributed by atoms with Crippen molar-refractivity contribution >= 4 is 17.7 Å². The lowest BCUT2D eigenvalue weighted by atomic mass is 9.92. The molecular weight excluding hydrogens is 310 g/mol. The minimum Gasteiger partial charge on any atom is -0.481 e. The predicted octanol–water partition coefficient (Wildman–Crippen LogP) is 3.44. The maximum Gasteiger partial charge on any atom is 0.412 e. The lowest BCUT2D eigenvalue weighted by molar-refractivity contribution is -0.134. The largest absolute Gasteiger partial charge is 0.481 e. The van der Waals surface area contributed by atoms with Crippen LogP contribution < -0.4 is 5.32 Å². The molecule has 0 fully saturated rings. The molecule has 124 valence electrons. The van der Waals surface area contributed by atoms with E-state index in [1.165, 1.54) is 0 Å². The first-order valence-corrected chi connectivity index (χ1v) is 7.16. The number of nitriles is 1. The number of carboxylic acid groups (broad SMARTS) is 1. The number of aliphatic carboxylic acids is 1. The van der Waals surface area contributed by atoms with Crippen molar-refractivity contribution in [2.75, 3.05) is 5.32 Å². The van der Waals surface area contributed by atoms with Crippen LogP contribution in [0.4, 0.5) is 10.5 Å². The number of hydrogen-bond acceptors (Lipinski definition) is 4. The Morgan fingerprint density at radius 2 is 1.96 bits per heavy atom. The standard InChI is InChI=1S/C15H13N3O2.C2H4O2/c1-15(2)11-7-9(12-6-4-10(8-16)17-12)3-5-13(11)18-14(19)20-15;1-2(3)4/h3-7,17H,1-2H3,(H,18,19);1H3,(H,3,4). The maximum atomic E-state index is 11.5. The van der Waals surface area contributed by atoms with Crippen LogP contribution in [-0.2, 0) is 15.1 Å². The highest BCUT2D eigenvalue weighted by molar-refractivity contribution is 5.89. The molecule has 0 spiro atoms. The van der Waals surface area contributed by atoms with Gasteiger partial charge in [-0.25, -0.2) is 4.79 Å². The number of H-pyrrole nitrogens is 1. The number of amides is 1. The highest BCUT2D eigenvalue weighted by atomic mass is 16.6. The van der Waals surface area contributed by atoms with Gasteiger partial charge in [0, 0.05) is 18.2 Å². The molecule has 7 heteroatoms. The number of carbonyl (C=O) groups is 2. The van der Waals surface area contributed by atoms with Crippen LogP contribution in [0.25, 0.3) is 11.3 Å². The summed E-state index contributed by atoms with van der Waals surface area (Å²) in [5, 5.41) is 19.0. The zero-order valence-electron chi connectivity index (χ0n) is 13.5. The van der Waals surface area contributed by atoms with Gasteiger partial charge in [0.15, 0.2) is 0 Å². The van der Waals surface area contributed by atoms with E-state index in [-0.39, 0.29) is 0 Å². The minimum absolute atomic E-state index is 0.443. The Kier molecular flexibility index (Phi) is 4.60. The summed E-state index contributed by atoms with van der Waals surface area (Å²) in [5.74, 6) is -0.833. The first-order valence-electron chi connectivity index (χ1n) is 7.16. The molecule has 24 heavy (non-hydrogen) atoms. The third-order valence-corrected chi connectivity index (χ3v) is 3.37. The summed E-state index contributed by atoms with van der Waals surface area (Å²) in [7, 11) is 0. The zero-order valence-corrected chi connectivity index (χ0v) is 13.5. The fourth-order valence-electron chi connectivity index (χ4n) is 2.37. The van der Waals surface area contributed by atoms with Crippen molar-refractivity contribution in [1.82, 2.24) is 4.98 Å². The number of nitrogens with one attached hydrogen (secondary N) is 2. The van der Waals surface area contributed by atoms with E-state index in [4.69, 9.17) is 19.9 Å². The molecule has 1 aliphatic rings. The number of nitrogens with zero attached hydrogens (tertiary/aromatic N) is 1. The fourth-order valence-corrected chi connectivity index (χ4v) is 2.37. The van der Waals surface area contributed by atoms with Gasteiger partial charge in [-0.3, -0.25) is 10.1 Å². The Balaban J connectivity index is 0.000000471. The van der Waals surface area contributed by atoms with Gasteiger partial charge in [-0.2, -0.15) is 5.26 Å².